The summed E-state index contributed by atoms with van der Waals surface area (Å²) in [6.45, 7) is 0. The van der Waals surface area contributed by atoms with Crippen LogP contribution in [0.4, 0.5) is 11.8 Å². The molecule has 0 radical (unpaired) electrons. The van der Waals surface area contributed by atoms with Crippen LogP contribution in [0.15, 0.2) is 71.8 Å². The highest BCUT2D eigenvalue weighted by Gasteiger charge is 2.17. The number of benzene rings is 3. The molecule has 2 aromatic heterocycles. The lowest BCUT2D eigenvalue weighted by Gasteiger charge is -2.13. The quantitative estimate of drug-likeness (QED) is 0.246. The molecule has 0 saturated heterocycles. The average molecular weight is 576 g/mol. The molecule has 43 heavy (non-hydrogen) atoms. The van der Waals surface area contributed by atoms with Gasteiger partial charge < -0.3 is 30.6 Å². The second kappa shape index (κ2) is 12.0. The van der Waals surface area contributed by atoms with Crippen LogP contribution in [0.1, 0.15) is 43.7 Å². The first-order valence-corrected chi connectivity index (χ1v) is 13.3. The van der Waals surface area contributed by atoms with Crippen molar-refractivity contribution in [3.05, 3.63) is 116 Å². The molecule has 5 N–H and O–H groups in total. The number of carboxylic acid groups (broad SMARTS) is 1. The highest BCUT2D eigenvalue weighted by molar-refractivity contribution is 5.93. The number of nitrogens with two attached hydrogens (primary N) is 2. The van der Waals surface area contributed by atoms with Gasteiger partial charge in [-0.25, -0.2) is 9.78 Å². The molecule has 0 aliphatic rings. The van der Waals surface area contributed by atoms with E-state index in [0.29, 0.717) is 51.9 Å². The van der Waals surface area contributed by atoms with Gasteiger partial charge in [0.1, 0.15) is 11.4 Å². The van der Waals surface area contributed by atoms with Crippen molar-refractivity contribution in [1.82, 2.24) is 14.5 Å². The number of aromatic carboxylic acids is 1. The largest absolute Gasteiger partial charge is 0.493 e. The Hall–Kier alpha value is -5.82. The van der Waals surface area contributed by atoms with Crippen LogP contribution in [-0.4, -0.2) is 39.8 Å². The van der Waals surface area contributed by atoms with Crippen LogP contribution < -0.4 is 26.4 Å². The molecule has 0 bridgehead atoms. The van der Waals surface area contributed by atoms with E-state index in [9.17, 15) is 14.7 Å². The van der Waals surface area contributed by atoms with Crippen LogP contribution in [0.3, 0.4) is 0 Å². The Bertz CT molecular complexity index is 1990. The topological polar surface area (TPSA) is 156 Å². The minimum Gasteiger partial charge on any atom is -0.493 e. The molecule has 0 unspecified atom stereocenters. The minimum atomic E-state index is -1.27. The van der Waals surface area contributed by atoms with E-state index in [1.54, 1.807) is 38.1 Å². The van der Waals surface area contributed by atoms with Gasteiger partial charge in [-0.2, -0.15) is 4.98 Å². The van der Waals surface area contributed by atoms with E-state index in [4.69, 9.17) is 20.9 Å². The molecule has 10 heteroatoms. The average Bonchev–Trinajstić information content (AvgIpc) is 2.99. The summed E-state index contributed by atoms with van der Waals surface area (Å²) in [6.07, 6.45) is 3.80. The molecule has 216 valence electrons. The number of ether oxygens (including phenoxy) is 2. The monoisotopic (exact) mass is 575 g/mol. The Morgan fingerprint density at radius 1 is 0.953 bits per heavy atom. The molecule has 0 fully saturated rings. The van der Waals surface area contributed by atoms with Crippen LogP contribution in [0.2, 0.25) is 0 Å². The normalized spacial score (nSPS) is 10.7. The number of pyridine rings is 1. The Morgan fingerprint density at radius 2 is 1.67 bits per heavy atom. The van der Waals surface area contributed by atoms with Crippen molar-refractivity contribution in [1.29, 1.82) is 0 Å². The number of aryl methyl sites for hydroxylation is 1. The van der Waals surface area contributed by atoms with E-state index in [1.807, 2.05) is 48.5 Å². The maximum atomic E-state index is 13.1. The zero-order valence-electron chi connectivity index (χ0n) is 23.8. The molecule has 0 atom stereocenters. The number of fused-ring (bicyclic) bond motifs is 1. The van der Waals surface area contributed by atoms with Crippen LogP contribution >= 0.6 is 0 Å². The maximum Gasteiger partial charge on any atom is 0.341 e. The summed E-state index contributed by atoms with van der Waals surface area (Å²) in [5.74, 6) is 6.58. The molecule has 5 rings (SSSR count). The Labute approximate surface area is 247 Å². The fourth-order valence-corrected chi connectivity index (χ4v) is 4.95. The van der Waals surface area contributed by atoms with E-state index in [0.717, 1.165) is 16.7 Å². The van der Waals surface area contributed by atoms with Gasteiger partial charge >= 0.3 is 5.97 Å². The third-order valence-electron chi connectivity index (χ3n) is 7.06. The van der Waals surface area contributed by atoms with Crippen LogP contribution in [0, 0.1) is 11.8 Å². The first-order chi connectivity index (χ1) is 20.7. The van der Waals surface area contributed by atoms with Crippen molar-refractivity contribution in [3.63, 3.8) is 0 Å². The van der Waals surface area contributed by atoms with Gasteiger partial charge in [0.15, 0.2) is 11.5 Å². The van der Waals surface area contributed by atoms with Gasteiger partial charge in [0.05, 0.1) is 25.3 Å². The summed E-state index contributed by atoms with van der Waals surface area (Å²) in [7, 11) is 4.79. The van der Waals surface area contributed by atoms with Gasteiger partial charge in [-0.15, -0.1) is 0 Å². The number of methoxy groups -OCH3 is 2. The number of aromatic nitrogens is 3. The van der Waals surface area contributed by atoms with Crippen LogP contribution in [0.5, 0.6) is 11.5 Å². The fraction of sp³-hybridized carbons (Fsp3) is 0.152. The molecule has 0 aliphatic heterocycles. The first-order valence-electron chi connectivity index (χ1n) is 13.3. The molecular weight excluding hydrogens is 546 g/mol. The smallest absolute Gasteiger partial charge is 0.341 e. The third-order valence-corrected chi connectivity index (χ3v) is 7.06. The van der Waals surface area contributed by atoms with Gasteiger partial charge in [-0.3, -0.25) is 4.79 Å². The lowest BCUT2D eigenvalue weighted by atomic mass is 9.96. The third kappa shape index (κ3) is 5.96. The number of nitrogen functional groups attached to an aromatic ring is 2. The fourth-order valence-electron chi connectivity index (χ4n) is 4.95. The first kappa shape index (κ1) is 28.7. The van der Waals surface area contributed by atoms with Crippen molar-refractivity contribution in [2.75, 3.05) is 25.7 Å². The molecule has 3 aromatic carbocycles. The number of hydrogen-bond acceptors (Lipinski definition) is 8. The maximum absolute atomic E-state index is 13.1. The van der Waals surface area contributed by atoms with Crippen molar-refractivity contribution in [3.8, 4) is 23.3 Å². The second-order valence-electron chi connectivity index (χ2n) is 9.92. The summed E-state index contributed by atoms with van der Waals surface area (Å²) in [5.41, 5.74) is 16.0. The summed E-state index contributed by atoms with van der Waals surface area (Å²) >= 11 is 0. The predicted molar refractivity (Wildman–Crippen MR) is 165 cm³/mol. The Morgan fingerprint density at radius 3 is 2.35 bits per heavy atom. The summed E-state index contributed by atoms with van der Waals surface area (Å²) in [5, 5.41) is 9.89. The molecule has 0 saturated carbocycles. The van der Waals surface area contributed by atoms with Crippen LogP contribution in [0.25, 0.3) is 10.9 Å². The van der Waals surface area contributed by atoms with Gasteiger partial charge in [-0.05, 0) is 47.4 Å². The molecule has 2 heterocycles. The predicted octanol–water partition coefficient (Wildman–Crippen LogP) is 3.79. The molecular formula is C33H29N5O5. The number of nitrogens with zero attached hydrogens (tertiary/aromatic N) is 3. The lowest BCUT2D eigenvalue weighted by Crippen LogP contribution is -2.18. The zero-order valence-corrected chi connectivity index (χ0v) is 23.8. The van der Waals surface area contributed by atoms with E-state index in [2.05, 4.69) is 21.8 Å². The van der Waals surface area contributed by atoms with Gasteiger partial charge in [0.2, 0.25) is 11.4 Å². The van der Waals surface area contributed by atoms with Gasteiger partial charge in [0, 0.05) is 42.4 Å². The summed E-state index contributed by atoms with van der Waals surface area (Å²) in [4.78, 5) is 32.9. The van der Waals surface area contributed by atoms with Crippen molar-refractivity contribution < 1.29 is 19.4 Å². The van der Waals surface area contributed by atoms with Gasteiger partial charge in [0.25, 0.3) is 0 Å². The van der Waals surface area contributed by atoms with E-state index < -0.39 is 11.4 Å². The van der Waals surface area contributed by atoms with Crippen molar-refractivity contribution in [2.24, 2.45) is 7.05 Å². The van der Waals surface area contributed by atoms with E-state index >= 15 is 0 Å². The van der Waals surface area contributed by atoms with Crippen molar-refractivity contribution >= 4 is 28.6 Å². The Balaban J connectivity index is 1.67. The zero-order chi connectivity index (χ0) is 30.7. The highest BCUT2D eigenvalue weighted by atomic mass is 16.5. The Kier molecular flexibility index (Phi) is 7.98. The summed E-state index contributed by atoms with van der Waals surface area (Å²) in [6, 6.07) is 17.0. The number of carbonyl (C=O) groups is 1. The number of carboxylic acids is 1. The van der Waals surface area contributed by atoms with E-state index in [1.165, 1.54) is 6.20 Å². The minimum absolute atomic E-state index is 0.0958. The standard InChI is InChI=1S/C33H29N5O5/c1-38-18-26(32(40)41)29(39)25-15-23(11-19-7-5-4-6-8-19)21(16-27(25)38)9-10-22-12-20(14-28(42-2)30(22)43-3)13-24-17-36-33(35)37-31(24)34/h4-8,12,14-18H,11,13H2,1-3H3,(H,40,41)(H4,34,35,36,37). The highest BCUT2D eigenvalue weighted by Crippen LogP contribution is 2.33. The second-order valence-corrected chi connectivity index (χ2v) is 9.92. The molecule has 5 aromatic rings. The summed E-state index contributed by atoms with van der Waals surface area (Å²) < 4.78 is 12.9. The molecule has 0 aliphatic carbocycles. The van der Waals surface area contributed by atoms with Gasteiger partial charge in [-0.1, -0.05) is 42.2 Å². The number of rotatable bonds is 7. The number of anilines is 2. The van der Waals surface area contributed by atoms with Crippen molar-refractivity contribution in [2.45, 2.75) is 12.8 Å². The molecule has 10 nitrogen and oxygen atoms in total. The molecule has 0 spiro atoms. The van der Waals surface area contributed by atoms with Crippen LogP contribution in [-0.2, 0) is 19.9 Å². The number of hydrogen-bond donors (Lipinski definition) is 3. The van der Waals surface area contributed by atoms with E-state index in [-0.39, 0.29) is 17.3 Å². The molecule has 0 amide bonds. The SMILES string of the molecule is COc1cc(Cc2cnc(N)nc2N)cc(C#Cc2cc3c(cc2Cc2ccccc2)c(=O)c(C(=O)O)cn3C)c1OC. The lowest BCUT2D eigenvalue weighted by molar-refractivity contribution is 0.0695.